The Labute approximate surface area is 138 Å². The van der Waals surface area contributed by atoms with E-state index in [0.29, 0.717) is 13.0 Å². The Morgan fingerprint density at radius 2 is 2.04 bits per heavy atom. The molecule has 7 heteroatoms. The molecule has 0 spiro atoms. The highest BCUT2D eigenvalue weighted by Crippen LogP contribution is 2.20. The van der Waals surface area contributed by atoms with E-state index in [1.165, 1.54) is 23.9 Å². The van der Waals surface area contributed by atoms with Crippen LogP contribution in [0.25, 0.3) is 0 Å². The summed E-state index contributed by atoms with van der Waals surface area (Å²) in [6, 6.07) is 11.9. The molecule has 0 fully saturated rings. The van der Waals surface area contributed by atoms with Crippen molar-refractivity contribution in [3.8, 4) is 0 Å². The Bertz CT molecular complexity index is 662. The first-order chi connectivity index (χ1) is 11.1. The lowest BCUT2D eigenvalue weighted by molar-refractivity contribution is -0.384. The van der Waals surface area contributed by atoms with Gasteiger partial charge in [0, 0.05) is 24.9 Å². The van der Waals surface area contributed by atoms with Gasteiger partial charge in [-0.2, -0.15) is 0 Å². The zero-order chi connectivity index (χ0) is 16.7. The molecule has 0 aliphatic heterocycles. The molecule has 1 atom stereocenters. The summed E-state index contributed by atoms with van der Waals surface area (Å²) in [5.74, 6) is -0.0532. The van der Waals surface area contributed by atoms with Gasteiger partial charge in [-0.15, -0.1) is 0 Å². The van der Waals surface area contributed by atoms with E-state index < -0.39 is 4.92 Å². The van der Waals surface area contributed by atoms with Crippen molar-refractivity contribution in [1.82, 2.24) is 10.3 Å². The molecule has 0 saturated heterocycles. The number of hydrogen-bond donors (Lipinski definition) is 1. The van der Waals surface area contributed by atoms with E-state index in [2.05, 4.69) is 10.3 Å². The number of benzene rings is 1. The van der Waals surface area contributed by atoms with Crippen molar-refractivity contribution < 1.29 is 9.72 Å². The fraction of sp³-hybridized carbons (Fsp3) is 0.250. The van der Waals surface area contributed by atoms with Crippen molar-refractivity contribution in [1.29, 1.82) is 0 Å². The van der Waals surface area contributed by atoms with Gasteiger partial charge in [0.15, 0.2) is 0 Å². The van der Waals surface area contributed by atoms with Crippen LogP contribution < -0.4 is 5.32 Å². The molecular weight excluding hydrogens is 314 g/mol. The molecule has 0 saturated carbocycles. The third-order valence-corrected chi connectivity index (χ3v) is 4.22. The summed E-state index contributed by atoms with van der Waals surface area (Å²) in [5.41, 5.74) is 1.01. The first kappa shape index (κ1) is 17.0. The zero-order valence-electron chi connectivity index (χ0n) is 12.6. The fourth-order valence-electron chi connectivity index (χ4n) is 1.91. The van der Waals surface area contributed by atoms with E-state index in [9.17, 15) is 14.9 Å². The van der Waals surface area contributed by atoms with Crippen molar-refractivity contribution in [3.05, 3.63) is 64.3 Å². The van der Waals surface area contributed by atoms with Gasteiger partial charge in [-0.3, -0.25) is 14.9 Å². The molecule has 0 radical (unpaired) electrons. The number of carbonyl (C=O) groups excluding carboxylic acids is 1. The Morgan fingerprint density at radius 3 is 2.65 bits per heavy atom. The van der Waals surface area contributed by atoms with Crippen LogP contribution in [0.5, 0.6) is 0 Å². The number of pyridine rings is 1. The summed E-state index contributed by atoms with van der Waals surface area (Å²) >= 11 is 1.40. The minimum atomic E-state index is -0.428. The van der Waals surface area contributed by atoms with Crippen LogP contribution in [0.1, 0.15) is 12.5 Å². The molecule has 2 aromatic rings. The van der Waals surface area contributed by atoms with E-state index in [1.807, 2.05) is 25.1 Å². The van der Waals surface area contributed by atoms with Crippen LogP contribution in [0.2, 0.25) is 0 Å². The summed E-state index contributed by atoms with van der Waals surface area (Å²) in [7, 11) is 0. The maximum absolute atomic E-state index is 12.0. The van der Waals surface area contributed by atoms with Gasteiger partial charge in [-0.25, -0.2) is 4.98 Å². The third-order valence-electron chi connectivity index (χ3n) is 3.16. The predicted molar refractivity (Wildman–Crippen MR) is 89.4 cm³/mol. The molecule has 0 bridgehead atoms. The number of thioether (sulfide) groups is 1. The molecule has 120 valence electrons. The standard InChI is InChI=1S/C16H17N3O3S/c1-12(23-15-4-2-3-10-17-15)16(20)18-11-9-13-5-7-14(8-6-13)19(21)22/h2-8,10,12H,9,11H2,1H3,(H,18,20). The van der Waals surface area contributed by atoms with E-state index in [0.717, 1.165) is 10.6 Å². The Kier molecular flexibility index (Phi) is 6.10. The van der Waals surface area contributed by atoms with E-state index >= 15 is 0 Å². The number of non-ortho nitro benzene ring substituents is 1. The minimum absolute atomic E-state index is 0.0532. The lowest BCUT2D eigenvalue weighted by atomic mass is 10.1. The fourth-order valence-corrected chi connectivity index (χ4v) is 2.74. The SMILES string of the molecule is CC(Sc1ccccn1)C(=O)NCCc1ccc([N+](=O)[O-])cc1. The van der Waals surface area contributed by atoms with Crippen LogP contribution in [0.15, 0.2) is 53.7 Å². The average molecular weight is 331 g/mol. The summed E-state index contributed by atoms with van der Waals surface area (Å²) in [6.45, 7) is 2.32. The van der Waals surface area contributed by atoms with Crippen LogP contribution in [0, 0.1) is 10.1 Å². The average Bonchev–Trinajstić information content (AvgIpc) is 2.56. The number of amides is 1. The van der Waals surface area contributed by atoms with E-state index in [-0.39, 0.29) is 16.8 Å². The second kappa shape index (κ2) is 8.28. The first-order valence-electron chi connectivity index (χ1n) is 7.15. The molecule has 6 nitrogen and oxygen atoms in total. The summed E-state index contributed by atoms with van der Waals surface area (Å²) in [6.07, 6.45) is 2.33. The number of nitrogens with one attached hydrogen (secondary N) is 1. The number of rotatable bonds is 7. The van der Waals surface area contributed by atoms with Gasteiger partial charge in [-0.1, -0.05) is 30.0 Å². The van der Waals surface area contributed by atoms with Gasteiger partial charge in [-0.05, 0) is 31.0 Å². The van der Waals surface area contributed by atoms with E-state index in [1.54, 1.807) is 18.3 Å². The van der Waals surface area contributed by atoms with Crippen LogP contribution in [-0.4, -0.2) is 27.6 Å². The normalized spacial score (nSPS) is 11.7. The monoisotopic (exact) mass is 331 g/mol. The summed E-state index contributed by atoms with van der Waals surface area (Å²) < 4.78 is 0. The highest BCUT2D eigenvalue weighted by Gasteiger charge is 2.14. The largest absolute Gasteiger partial charge is 0.355 e. The van der Waals surface area contributed by atoms with Crippen LogP contribution in [0.4, 0.5) is 5.69 Å². The number of nitrogens with zero attached hydrogens (tertiary/aromatic N) is 2. The quantitative estimate of drug-likeness (QED) is 0.479. The number of nitro groups is 1. The lowest BCUT2D eigenvalue weighted by Gasteiger charge is -2.11. The minimum Gasteiger partial charge on any atom is -0.355 e. The van der Waals surface area contributed by atoms with Crippen LogP contribution in [0.3, 0.4) is 0 Å². The highest BCUT2D eigenvalue weighted by atomic mass is 32.2. The second-order valence-electron chi connectivity index (χ2n) is 4.89. The highest BCUT2D eigenvalue weighted by molar-refractivity contribution is 8.00. The van der Waals surface area contributed by atoms with E-state index in [4.69, 9.17) is 0 Å². The zero-order valence-corrected chi connectivity index (χ0v) is 13.5. The Balaban J connectivity index is 1.76. The Morgan fingerprint density at radius 1 is 1.30 bits per heavy atom. The van der Waals surface area contributed by atoms with Crippen LogP contribution >= 0.6 is 11.8 Å². The molecule has 1 amide bonds. The molecule has 1 heterocycles. The van der Waals surface area contributed by atoms with Crippen molar-refractivity contribution in [3.63, 3.8) is 0 Å². The lowest BCUT2D eigenvalue weighted by Crippen LogP contribution is -2.32. The molecule has 1 aromatic carbocycles. The smallest absolute Gasteiger partial charge is 0.269 e. The first-order valence-corrected chi connectivity index (χ1v) is 8.03. The van der Waals surface area contributed by atoms with Crippen molar-refractivity contribution >= 4 is 23.4 Å². The molecular formula is C16H17N3O3S. The second-order valence-corrected chi connectivity index (χ2v) is 6.25. The van der Waals surface area contributed by atoms with Gasteiger partial charge < -0.3 is 5.32 Å². The van der Waals surface area contributed by atoms with Gasteiger partial charge in [0.2, 0.25) is 5.91 Å². The maximum atomic E-state index is 12.0. The van der Waals surface area contributed by atoms with Crippen molar-refractivity contribution in [2.75, 3.05) is 6.54 Å². The van der Waals surface area contributed by atoms with Gasteiger partial charge in [0.25, 0.3) is 5.69 Å². The van der Waals surface area contributed by atoms with Gasteiger partial charge in [0.05, 0.1) is 15.2 Å². The van der Waals surface area contributed by atoms with Crippen LogP contribution in [-0.2, 0) is 11.2 Å². The molecule has 0 aliphatic carbocycles. The molecule has 1 unspecified atom stereocenters. The number of carbonyl (C=O) groups is 1. The summed E-state index contributed by atoms with van der Waals surface area (Å²) in [4.78, 5) is 26.4. The Hall–Kier alpha value is -2.41. The molecule has 23 heavy (non-hydrogen) atoms. The topological polar surface area (TPSA) is 85.1 Å². The number of nitro benzene ring substituents is 1. The summed E-state index contributed by atoms with van der Waals surface area (Å²) in [5, 5.41) is 14.0. The molecule has 2 rings (SSSR count). The van der Waals surface area contributed by atoms with Gasteiger partial charge >= 0.3 is 0 Å². The molecule has 1 N–H and O–H groups in total. The van der Waals surface area contributed by atoms with Crippen molar-refractivity contribution in [2.45, 2.75) is 23.6 Å². The predicted octanol–water partition coefficient (Wildman–Crippen LogP) is 2.83. The maximum Gasteiger partial charge on any atom is 0.269 e. The molecule has 1 aromatic heterocycles. The third kappa shape index (κ3) is 5.37. The number of hydrogen-bond acceptors (Lipinski definition) is 5. The van der Waals surface area contributed by atoms with Gasteiger partial charge in [0.1, 0.15) is 0 Å². The number of aromatic nitrogens is 1. The molecule has 0 aliphatic rings. The van der Waals surface area contributed by atoms with Crippen molar-refractivity contribution in [2.24, 2.45) is 0 Å².